The smallest absolute Gasteiger partial charge is 0.251 e. The number of amides is 1. The lowest BCUT2D eigenvalue weighted by Crippen LogP contribution is -2.22. The van der Waals surface area contributed by atoms with Crippen LogP contribution in [0.4, 0.5) is 0 Å². The molecule has 2 aromatic carbocycles. The van der Waals surface area contributed by atoms with Gasteiger partial charge in [0.05, 0.1) is 22.2 Å². The molecule has 1 amide bonds. The van der Waals surface area contributed by atoms with E-state index in [0.29, 0.717) is 17.1 Å². The maximum atomic E-state index is 12.5. The fraction of sp³-hybridized carbons (Fsp3) is 0.190. The van der Waals surface area contributed by atoms with Crippen LogP contribution in [0.3, 0.4) is 0 Å². The van der Waals surface area contributed by atoms with E-state index in [4.69, 9.17) is 11.6 Å². The van der Waals surface area contributed by atoms with Crippen molar-refractivity contribution in [3.63, 3.8) is 0 Å². The van der Waals surface area contributed by atoms with Gasteiger partial charge in [0, 0.05) is 28.4 Å². The Morgan fingerprint density at radius 1 is 1.21 bits per heavy atom. The minimum Gasteiger partial charge on any atom is -0.348 e. The highest BCUT2D eigenvalue weighted by Gasteiger charge is 2.10. The van der Waals surface area contributed by atoms with Gasteiger partial charge < -0.3 is 10.3 Å². The van der Waals surface area contributed by atoms with Crippen LogP contribution in [-0.2, 0) is 19.4 Å². The molecule has 4 rings (SSSR count). The van der Waals surface area contributed by atoms with Crippen LogP contribution in [0.25, 0.3) is 11.0 Å². The summed E-state index contributed by atoms with van der Waals surface area (Å²) >= 11 is 7.66. The molecule has 0 fully saturated rings. The number of nitrogens with zero attached hydrogens (tertiary/aromatic N) is 2. The zero-order valence-corrected chi connectivity index (χ0v) is 16.9. The molecule has 5 nitrogen and oxygen atoms in total. The number of aromatic nitrogens is 3. The van der Waals surface area contributed by atoms with E-state index in [1.165, 1.54) is 4.88 Å². The molecule has 0 saturated carbocycles. The van der Waals surface area contributed by atoms with Gasteiger partial charge in [0.15, 0.2) is 0 Å². The summed E-state index contributed by atoms with van der Waals surface area (Å²) in [6.07, 6.45) is 1.72. The van der Waals surface area contributed by atoms with Gasteiger partial charge in [0.1, 0.15) is 5.82 Å². The van der Waals surface area contributed by atoms with Gasteiger partial charge in [-0.05, 0) is 49.2 Å². The first kappa shape index (κ1) is 18.7. The van der Waals surface area contributed by atoms with Gasteiger partial charge in [0.2, 0.25) is 0 Å². The van der Waals surface area contributed by atoms with Gasteiger partial charge in [-0.3, -0.25) is 4.79 Å². The first-order chi connectivity index (χ1) is 13.6. The third-order valence-corrected chi connectivity index (χ3v) is 5.80. The van der Waals surface area contributed by atoms with E-state index in [1.807, 2.05) is 48.8 Å². The first-order valence-corrected chi connectivity index (χ1v) is 10.2. The molecule has 2 N–H and O–H groups in total. The minimum absolute atomic E-state index is 0.127. The van der Waals surface area contributed by atoms with Crippen molar-refractivity contribution in [2.24, 2.45) is 0 Å². The second kappa shape index (κ2) is 8.12. The van der Waals surface area contributed by atoms with Gasteiger partial charge in [-0.25, -0.2) is 9.97 Å². The molecule has 7 heteroatoms. The lowest BCUT2D eigenvalue weighted by atomic mass is 10.1. The number of hydrogen-bond donors (Lipinski definition) is 2. The Morgan fingerprint density at radius 2 is 2.11 bits per heavy atom. The molecule has 0 spiro atoms. The predicted octanol–water partition coefficient (Wildman–Crippen LogP) is 4.70. The van der Waals surface area contributed by atoms with Gasteiger partial charge in [-0.1, -0.05) is 23.7 Å². The van der Waals surface area contributed by atoms with Gasteiger partial charge in [-0.2, -0.15) is 0 Å². The fourth-order valence-corrected chi connectivity index (χ4v) is 4.05. The third-order valence-electron chi connectivity index (χ3n) is 4.57. The molecule has 28 heavy (non-hydrogen) atoms. The number of aryl methyl sites for hydroxylation is 3. The topological polar surface area (TPSA) is 70.7 Å². The summed E-state index contributed by atoms with van der Waals surface area (Å²) in [6.45, 7) is 2.46. The largest absolute Gasteiger partial charge is 0.348 e. The van der Waals surface area contributed by atoms with E-state index in [9.17, 15) is 4.79 Å². The lowest BCUT2D eigenvalue weighted by Gasteiger charge is -2.06. The summed E-state index contributed by atoms with van der Waals surface area (Å²) in [5.74, 6) is 0.789. The molecule has 0 aliphatic rings. The Hall–Kier alpha value is -2.70. The molecule has 0 unspecified atom stereocenters. The van der Waals surface area contributed by atoms with Crippen LogP contribution < -0.4 is 5.32 Å². The predicted molar refractivity (Wildman–Crippen MR) is 113 cm³/mol. The van der Waals surface area contributed by atoms with E-state index in [0.717, 1.165) is 41.0 Å². The normalized spacial score (nSPS) is 11.1. The standard InChI is InChI=1S/C21H19ClN4OS/c1-13-19(28-12-24-13)7-8-20-25-17-6-5-15(10-18(17)26-20)21(27)23-11-14-3-2-4-16(22)9-14/h2-6,9-10,12H,7-8,11H2,1H3,(H,23,27)(H,25,26). The van der Waals surface area contributed by atoms with Crippen molar-refractivity contribution in [2.45, 2.75) is 26.3 Å². The molecule has 0 aliphatic heterocycles. The number of fused-ring (bicyclic) bond motifs is 1. The number of hydrogen-bond acceptors (Lipinski definition) is 4. The SMILES string of the molecule is Cc1ncsc1CCc1nc2ccc(C(=O)NCc3cccc(Cl)c3)cc2[nH]1. The molecule has 142 valence electrons. The van der Waals surface area contributed by atoms with Crippen LogP contribution in [0.1, 0.15) is 32.3 Å². The molecule has 0 atom stereocenters. The average Bonchev–Trinajstić information content (AvgIpc) is 3.29. The molecule has 0 radical (unpaired) electrons. The number of H-pyrrole nitrogens is 1. The minimum atomic E-state index is -0.127. The molecular weight excluding hydrogens is 392 g/mol. The highest BCUT2D eigenvalue weighted by Crippen LogP contribution is 2.18. The third kappa shape index (κ3) is 4.24. The Balaban J connectivity index is 1.43. The number of rotatable bonds is 6. The first-order valence-electron chi connectivity index (χ1n) is 8.99. The van der Waals surface area contributed by atoms with Crippen LogP contribution in [0, 0.1) is 6.92 Å². The molecule has 0 aliphatic carbocycles. The van der Waals surface area contributed by atoms with Gasteiger partial charge >= 0.3 is 0 Å². The Labute approximate surface area is 171 Å². The van der Waals surface area contributed by atoms with E-state index in [2.05, 4.69) is 20.3 Å². The van der Waals surface area contributed by atoms with Crippen molar-refractivity contribution >= 4 is 39.9 Å². The van der Waals surface area contributed by atoms with Crippen molar-refractivity contribution in [1.29, 1.82) is 0 Å². The Kier molecular flexibility index (Phi) is 5.41. The summed E-state index contributed by atoms with van der Waals surface area (Å²) in [6, 6.07) is 13.0. The maximum absolute atomic E-state index is 12.5. The summed E-state index contributed by atoms with van der Waals surface area (Å²) < 4.78 is 0. The quantitative estimate of drug-likeness (QED) is 0.484. The highest BCUT2D eigenvalue weighted by atomic mass is 35.5. The number of carbonyl (C=O) groups is 1. The zero-order valence-electron chi connectivity index (χ0n) is 15.3. The number of benzene rings is 2. The van der Waals surface area contributed by atoms with Crippen LogP contribution >= 0.6 is 22.9 Å². The van der Waals surface area contributed by atoms with Crippen molar-refractivity contribution in [1.82, 2.24) is 20.3 Å². The van der Waals surface area contributed by atoms with Crippen LogP contribution in [0.2, 0.25) is 5.02 Å². The number of thiazole rings is 1. The van der Waals surface area contributed by atoms with Crippen molar-refractivity contribution in [2.75, 3.05) is 0 Å². The second-order valence-electron chi connectivity index (χ2n) is 6.59. The molecule has 2 heterocycles. The fourth-order valence-electron chi connectivity index (χ4n) is 3.05. The zero-order chi connectivity index (χ0) is 19.5. The van der Waals surface area contributed by atoms with Crippen LogP contribution in [0.15, 0.2) is 48.0 Å². The van der Waals surface area contributed by atoms with E-state index in [-0.39, 0.29) is 5.91 Å². The summed E-state index contributed by atoms with van der Waals surface area (Å²) in [4.78, 5) is 26.0. The van der Waals surface area contributed by atoms with Crippen molar-refractivity contribution in [3.8, 4) is 0 Å². The number of aromatic amines is 1. The summed E-state index contributed by atoms with van der Waals surface area (Å²) in [5.41, 5.74) is 6.25. The Bertz CT molecular complexity index is 1130. The van der Waals surface area contributed by atoms with Gasteiger partial charge in [-0.15, -0.1) is 11.3 Å². The van der Waals surface area contributed by atoms with Crippen LogP contribution in [0.5, 0.6) is 0 Å². The molecular formula is C21H19ClN4OS. The van der Waals surface area contributed by atoms with Crippen molar-refractivity contribution < 1.29 is 4.79 Å². The number of imidazole rings is 1. The summed E-state index contributed by atoms with van der Waals surface area (Å²) in [7, 11) is 0. The van der Waals surface area contributed by atoms with Crippen LogP contribution in [-0.4, -0.2) is 20.9 Å². The highest BCUT2D eigenvalue weighted by molar-refractivity contribution is 7.09. The summed E-state index contributed by atoms with van der Waals surface area (Å²) in [5, 5.41) is 3.59. The number of carbonyl (C=O) groups excluding carboxylic acids is 1. The number of halogens is 1. The van der Waals surface area contributed by atoms with E-state index >= 15 is 0 Å². The monoisotopic (exact) mass is 410 g/mol. The van der Waals surface area contributed by atoms with E-state index < -0.39 is 0 Å². The molecule has 0 bridgehead atoms. The number of nitrogens with one attached hydrogen (secondary N) is 2. The van der Waals surface area contributed by atoms with Gasteiger partial charge in [0.25, 0.3) is 5.91 Å². The molecule has 0 saturated heterocycles. The second-order valence-corrected chi connectivity index (χ2v) is 7.96. The molecule has 4 aromatic rings. The lowest BCUT2D eigenvalue weighted by molar-refractivity contribution is 0.0951. The maximum Gasteiger partial charge on any atom is 0.251 e. The molecule has 2 aromatic heterocycles. The average molecular weight is 411 g/mol. The van der Waals surface area contributed by atoms with Crippen molar-refractivity contribution in [3.05, 3.63) is 80.5 Å². The Morgan fingerprint density at radius 3 is 2.89 bits per heavy atom. The van der Waals surface area contributed by atoms with E-state index in [1.54, 1.807) is 17.4 Å².